The molecule has 0 saturated carbocycles. The van der Waals surface area contributed by atoms with Gasteiger partial charge in [0.15, 0.2) is 9.84 Å². The van der Waals surface area contributed by atoms with Gasteiger partial charge in [0.05, 0.1) is 17.6 Å². The van der Waals surface area contributed by atoms with Gasteiger partial charge in [-0.05, 0) is 18.4 Å². The number of benzene rings is 1. The molecule has 1 aromatic rings. The van der Waals surface area contributed by atoms with Crippen LogP contribution >= 0.6 is 0 Å². The lowest BCUT2D eigenvalue weighted by atomic mass is 10.2. The lowest BCUT2D eigenvalue weighted by Crippen LogP contribution is -2.41. The van der Waals surface area contributed by atoms with E-state index in [1.54, 1.807) is 12.1 Å². The van der Waals surface area contributed by atoms with Crippen LogP contribution in [0.4, 0.5) is 4.79 Å². The Morgan fingerprint density at radius 1 is 1.23 bits per heavy atom. The molecule has 1 aromatic carbocycles. The summed E-state index contributed by atoms with van der Waals surface area (Å²) >= 11 is 0. The van der Waals surface area contributed by atoms with E-state index >= 15 is 0 Å². The number of hydrogen-bond donors (Lipinski definition) is 2. The Labute approximate surface area is 131 Å². The van der Waals surface area contributed by atoms with Gasteiger partial charge in [-0.3, -0.25) is 0 Å². The molecule has 1 fully saturated rings. The molecule has 1 saturated heterocycles. The van der Waals surface area contributed by atoms with Crippen molar-refractivity contribution >= 4 is 15.9 Å². The molecule has 1 atom stereocenters. The van der Waals surface area contributed by atoms with E-state index in [9.17, 15) is 13.2 Å². The van der Waals surface area contributed by atoms with Crippen LogP contribution in [-0.2, 0) is 20.3 Å². The van der Waals surface area contributed by atoms with Gasteiger partial charge in [-0.1, -0.05) is 30.3 Å². The molecule has 0 aliphatic carbocycles. The highest BCUT2D eigenvalue weighted by atomic mass is 32.2. The van der Waals surface area contributed by atoms with Gasteiger partial charge in [-0.2, -0.15) is 0 Å². The zero-order valence-electron chi connectivity index (χ0n) is 12.5. The highest BCUT2D eigenvalue weighted by Crippen LogP contribution is 2.10. The highest BCUT2D eigenvalue weighted by Gasteiger charge is 2.16. The molecule has 22 heavy (non-hydrogen) atoms. The highest BCUT2D eigenvalue weighted by molar-refractivity contribution is 7.90. The molecular formula is C15H22N2O4S. The fourth-order valence-corrected chi connectivity index (χ4v) is 3.55. The van der Waals surface area contributed by atoms with Crippen LogP contribution in [0.1, 0.15) is 18.4 Å². The number of hydrogen-bond acceptors (Lipinski definition) is 4. The summed E-state index contributed by atoms with van der Waals surface area (Å²) in [7, 11) is -3.23. The monoisotopic (exact) mass is 326 g/mol. The van der Waals surface area contributed by atoms with Crippen LogP contribution in [0.15, 0.2) is 30.3 Å². The van der Waals surface area contributed by atoms with Gasteiger partial charge < -0.3 is 15.4 Å². The van der Waals surface area contributed by atoms with Crippen molar-refractivity contribution in [1.82, 2.24) is 10.6 Å². The summed E-state index contributed by atoms with van der Waals surface area (Å²) < 4.78 is 29.3. The molecule has 0 spiro atoms. The van der Waals surface area contributed by atoms with Crippen LogP contribution in [0.5, 0.6) is 0 Å². The Morgan fingerprint density at radius 2 is 2.00 bits per heavy atom. The SMILES string of the molecule is O=C(NCCS(=O)(=O)Cc1ccccc1)NCC1CCCO1. The van der Waals surface area contributed by atoms with Crippen molar-refractivity contribution in [2.45, 2.75) is 24.7 Å². The molecule has 1 aliphatic heterocycles. The topological polar surface area (TPSA) is 84.5 Å². The van der Waals surface area contributed by atoms with Crippen molar-refractivity contribution < 1.29 is 17.9 Å². The van der Waals surface area contributed by atoms with Gasteiger partial charge in [-0.25, -0.2) is 13.2 Å². The minimum absolute atomic E-state index is 0.00689. The van der Waals surface area contributed by atoms with Gasteiger partial charge in [-0.15, -0.1) is 0 Å². The van der Waals surface area contributed by atoms with Gasteiger partial charge in [0, 0.05) is 19.7 Å². The Balaban J connectivity index is 1.65. The van der Waals surface area contributed by atoms with Crippen molar-refractivity contribution in [2.75, 3.05) is 25.4 Å². The molecule has 0 radical (unpaired) electrons. The van der Waals surface area contributed by atoms with E-state index in [0.29, 0.717) is 6.54 Å². The predicted octanol–water partition coefficient (Wildman–Crippen LogP) is 1.08. The third-order valence-corrected chi connectivity index (χ3v) is 5.04. The Hall–Kier alpha value is -1.60. The second-order valence-corrected chi connectivity index (χ2v) is 7.53. The first kappa shape index (κ1) is 16.8. The summed E-state index contributed by atoms with van der Waals surface area (Å²) in [6.45, 7) is 1.31. The lowest BCUT2D eigenvalue weighted by Gasteiger charge is -2.11. The van der Waals surface area contributed by atoms with Crippen LogP contribution in [0.25, 0.3) is 0 Å². The van der Waals surface area contributed by atoms with E-state index in [2.05, 4.69) is 10.6 Å². The third-order valence-electron chi connectivity index (χ3n) is 3.44. The second-order valence-electron chi connectivity index (χ2n) is 5.35. The van der Waals surface area contributed by atoms with Crippen LogP contribution < -0.4 is 10.6 Å². The second kappa shape index (κ2) is 8.14. The molecule has 1 aliphatic rings. The lowest BCUT2D eigenvalue weighted by molar-refractivity contribution is 0.111. The summed E-state index contributed by atoms with van der Waals surface area (Å²) in [5, 5.41) is 5.25. The van der Waals surface area contributed by atoms with Crippen molar-refractivity contribution in [3.05, 3.63) is 35.9 Å². The summed E-state index contributed by atoms with van der Waals surface area (Å²) in [6, 6.07) is 8.66. The maximum Gasteiger partial charge on any atom is 0.314 e. The number of ether oxygens (including phenoxy) is 1. The standard InChI is InChI=1S/C15H22N2O4S/c18-15(17-11-14-7-4-9-21-14)16-8-10-22(19,20)12-13-5-2-1-3-6-13/h1-3,5-6,14H,4,7-12H2,(H2,16,17,18). The summed E-state index contributed by atoms with van der Waals surface area (Å²) in [5.74, 6) is -0.0811. The number of urea groups is 1. The van der Waals surface area contributed by atoms with Crippen molar-refractivity contribution in [3.8, 4) is 0 Å². The largest absolute Gasteiger partial charge is 0.376 e. The van der Waals surface area contributed by atoms with Crippen molar-refractivity contribution in [2.24, 2.45) is 0 Å². The Kier molecular flexibility index (Phi) is 6.21. The predicted molar refractivity (Wildman–Crippen MR) is 84.3 cm³/mol. The van der Waals surface area contributed by atoms with Crippen LogP contribution in [0.3, 0.4) is 0 Å². The first-order valence-corrected chi connectivity index (χ1v) is 9.25. The summed E-state index contributed by atoms with van der Waals surface area (Å²) in [5.41, 5.74) is 0.755. The summed E-state index contributed by atoms with van der Waals surface area (Å²) in [6.07, 6.45) is 2.05. The normalized spacial score (nSPS) is 18.1. The molecule has 2 rings (SSSR count). The van der Waals surface area contributed by atoms with E-state index in [1.165, 1.54) is 0 Å². The van der Waals surface area contributed by atoms with E-state index in [-0.39, 0.29) is 30.2 Å². The molecule has 2 N–H and O–H groups in total. The quantitative estimate of drug-likeness (QED) is 0.785. The average Bonchev–Trinajstić information content (AvgIpc) is 2.99. The number of carbonyl (C=O) groups is 1. The molecule has 7 heteroatoms. The van der Waals surface area contributed by atoms with E-state index in [4.69, 9.17) is 4.74 Å². The molecule has 6 nitrogen and oxygen atoms in total. The van der Waals surface area contributed by atoms with Crippen molar-refractivity contribution in [1.29, 1.82) is 0 Å². The number of nitrogens with one attached hydrogen (secondary N) is 2. The smallest absolute Gasteiger partial charge is 0.314 e. The maximum atomic E-state index is 12.0. The fraction of sp³-hybridized carbons (Fsp3) is 0.533. The van der Waals surface area contributed by atoms with Crippen LogP contribution in [-0.4, -0.2) is 46.0 Å². The molecule has 0 aromatic heterocycles. The molecule has 2 amide bonds. The number of amides is 2. The Morgan fingerprint density at radius 3 is 2.68 bits per heavy atom. The molecule has 122 valence electrons. The fourth-order valence-electron chi connectivity index (χ4n) is 2.29. The number of sulfone groups is 1. The van der Waals surface area contributed by atoms with Crippen LogP contribution in [0, 0.1) is 0 Å². The van der Waals surface area contributed by atoms with E-state index in [1.807, 2.05) is 18.2 Å². The van der Waals surface area contributed by atoms with Gasteiger partial charge in [0.1, 0.15) is 0 Å². The molecule has 1 heterocycles. The molecular weight excluding hydrogens is 304 g/mol. The minimum Gasteiger partial charge on any atom is -0.376 e. The number of rotatable bonds is 7. The zero-order chi connectivity index (χ0) is 15.8. The first-order chi connectivity index (χ1) is 10.6. The first-order valence-electron chi connectivity index (χ1n) is 7.43. The minimum atomic E-state index is -3.23. The van der Waals surface area contributed by atoms with E-state index < -0.39 is 9.84 Å². The molecule has 0 bridgehead atoms. The Bertz CT molecular complexity index is 568. The molecule has 1 unspecified atom stereocenters. The van der Waals surface area contributed by atoms with Crippen LogP contribution in [0.2, 0.25) is 0 Å². The summed E-state index contributed by atoms with van der Waals surface area (Å²) in [4.78, 5) is 11.6. The maximum absolute atomic E-state index is 12.0. The number of carbonyl (C=O) groups excluding carboxylic acids is 1. The average molecular weight is 326 g/mol. The zero-order valence-corrected chi connectivity index (χ0v) is 13.3. The van der Waals surface area contributed by atoms with Gasteiger partial charge >= 0.3 is 6.03 Å². The van der Waals surface area contributed by atoms with Gasteiger partial charge in [0.25, 0.3) is 0 Å². The van der Waals surface area contributed by atoms with Gasteiger partial charge in [0.2, 0.25) is 0 Å². The van der Waals surface area contributed by atoms with Crippen molar-refractivity contribution in [3.63, 3.8) is 0 Å². The third kappa shape index (κ3) is 6.03. The van der Waals surface area contributed by atoms with E-state index in [0.717, 1.165) is 25.0 Å².